The molecule has 0 saturated carbocycles. The van der Waals surface area contributed by atoms with Gasteiger partial charge in [0.15, 0.2) is 5.82 Å². The molecule has 0 radical (unpaired) electrons. The van der Waals surface area contributed by atoms with Crippen LogP contribution in [0.3, 0.4) is 0 Å². The van der Waals surface area contributed by atoms with E-state index < -0.39 is 0 Å². The van der Waals surface area contributed by atoms with Crippen molar-refractivity contribution in [2.24, 2.45) is 7.05 Å². The zero-order valence-corrected chi connectivity index (χ0v) is 10.3. The number of anilines is 1. The van der Waals surface area contributed by atoms with Crippen molar-refractivity contribution >= 4 is 16.7 Å². The lowest BCUT2D eigenvalue weighted by atomic mass is 10.2. The lowest BCUT2D eigenvalue weighted by Gasteiger charge is -2.00. The van der Waals surface area contributed by atoms with Gasteiger partial charge in [-0.1, -0.05) is 18.2 Å². The van der Waals surface area contributed by atoms with Gasteiger partial charge in [-0.25, -0.2) is 4.98 Å². The summed E-state index contributed by atoms with van der Waals surface area (Å²) in [5.74, 6) is 1.35. The maximum atomic E-state index is 4.43. The van der Waals surface area contributed by atoms with Crippen molar-refractivity contribution in [3.63, 3.8) is 0 Å². The highest BCUT2D eigenvalue weighted by atomic mass is 15.2. The summed E-state index contributed by atoms with van der Waals surface area (Å²) in [5, 5.41) is 12.2. The van der Waals surface area contributed by atoms with Crippen LogP contribution in [-0.4, -0.2) is 26.8 Å². The van der Waals surface area contributed by atoms with Gasteiger partial charge in [-0.15, -0.1) is 5.10 Å². The van der Waals surface area contributed by atoms with E-state index in [-0.39, 0.29) is 0 Å². The Bertz CT molecular complexity index is 701. The van der Waals surface area contributed by atoms with Crippen molar-refractivity contribution in [1.29, 1.82) is 0 Å². The number of rotatable bonds is 2. The Balaban J connectivity index is 2.25. The molecule has 0 spiro atoms. The molecule has 0 aliphatic heterocycles. The normalized spacial score (nSPS) is 10.8. The lowest BCUT2D eigenvalue weighted by Crippen LogP contribution is -1.98. The van der Waals surface area contributed by atoms with E-state index in [1.807, 2.05) is 32.4 Å². The van der Waals surface area contributed by atoms with Crippen LogP contribution in [0.1, 0.15) is 0 Å². The smallest absolute Gasteiger partial charge is 0.185 e. The molecule has 0 unspecified atom stereocenters. The molecule has 18 heavy (non-hydrogen) atoms. The molecule has 1 N–H and O–H groups in total. The fourth-order valence-corrected chi connectivity index (χ4v) is 2.06. The Morgan fingerprint density at radius 3 is 2.89 bits per heavy atom. The van der Waals surface area contributed by atoms with Gasteiger partial charge >= 0.3 is 0 Å². The maximum absolute atomic E-state index is 4.43. The van der Waals surface area contributed by atoms with E-state index in [0.717, 1.165) is 16.5 Å². The summed E-state index contributed by atoms with van der Waals surface area (Å²) >= 11 is 0. The minimum absolute atomic E-state index is 0.638. The minimum atomic E-state index is 0.638. The van der Waals surface area contributed by atoms with Crippen LogP contribution in [0.4, 0.5) is 5.82 Å². The second-order valence-corrected chi connectivity index (χ2v) is 4.09. The van der Waals surface area contributed by atoms with Gasteiger partial charge in [-0.2, -0.15) is 5.10 Å². The Kier molecular flexibility index (Phi) is 2.44. The monoisotopic (exact) mass is 239 g/mol. The number of aryl methyl sites for hydroxylation is 1. The van der Waals surface area contributed by atoms with Crippen LogP contribution in [-0.2, 0) is 7.05 Å². The van der Waals surface area contributed by atoms with Crippen molar-refractivity contribution < 1.29 is 0 Å². The van der Waals surface area contributed by atoms with E-state index in [0.29, 0.717) is 11.6 Å². The predicted molar refractivity (Wildman–Crippen MR) is 71.3 cm³/mol. The molecule has 3 rings (SSSR count). The summed E-state index contributed by atoms with van der Waals surface area (Å²) in [6, 6.07) is 8.19. The maximum Gasteiger partial charge on any atom is 0.185 e. The van der Waals surface area contributed by atoms with E-state index in [2.05, 4.69) is 37.2 Å². The van der Waals surface area contributed by atoms with Gasteiger partial charge in [0.05, 0.1) is 6.20 Å². The second-order valence-electron chi connectivity index (χ2n) is 4.09. The highest BCUT2D eigenvalue weighted by Crippen LogP contribution is 2.27. The number of nitrogens with zero attached hydrogens (tertiary/aromatic N) is 4. The Hall–Kier alpha value is -2.43. The molecule has 2 heterocycles. The minimum Gasteiger partial charge on any atom is -0.372 e. The van der Waals surface area contributed by atoms with Gasteiger partial charge < -0.3 is 9.88 Å². The average molecular weight is 239 g/mol. The summed E-state index contributed by atoms with van der Waals surface area (Å²) in [6.45, 7) is 0. The van der Waals surface area contributed by atoms with Gasteiger partial charge in [-0.05, 0) is 6.07 Å². The summed E-state index contributed by atoms with van der Waals surface area (Å²) in [5.41, 5.74) is 2.16. The number of nitrogens with one attached hydrogen (secondary N) is 1. The van der Waals surface area contributed by atoms with Crippen molar-refractivity contribution in [3.05, 3.63) is 36.7 Å². The van der Waals surface area contributed by atoms with Crippen LogP contribution in [0, 0.1) is 0 Å². The molecule has 0 aliphatic rings. The SMILES string of the molecule is CNc1cnnc(-c2cn(C)c3ccccc23)n1. The van der Waals surface area contributed by atoms with Crippen molar-refractivity contribution in [2.45, 2.75) is 0 Å². The summed E-state index contributed by atoms with van der Waals surface area (Å²) in [6.07, 6.45) is 3.63. The Morgan fingerprint density at radius 1 is 1.22 bits per heavy atom. The van der Waals surface area contributed by atoms with Crippen LogP contribution < -0.4 is 5.32 Å². The first-order valence-corrected chi connectivity index (χ1v) is 5.71. The van der Waals surface area contributed by atoms with Gasteiger partial charge in [0, 0.05) is 36.8 Å². The summed E-state index contributed by atoms with van der Waals surface area (Å²) < 4.78 is 2.07. The number of aromatic nitrogens is 4. The molecular weight excluding hydrogens is 226 g/mol. The molecule has 2 aromatic heterocycles. The fraction of sp³-hybridized carbons (Fsp3) is 0.154. The van der Waals surface area contributed by atoms with E-state index in [4.69, 9.17) is 0 Å². The molecule has 0 saturated heterocycles. The van der Waals surface area contributed by atoms with Crippen molar-refractivity contribution in [1.82, 2.24) is 19.7 Å². The highest BCUT2D eigenvalue weighted by Gasteiger charge is 2.11. The Morgan fingerprint density at radius 2 is 2.06 bits per heavy atom. The number of benzene rings is 1. The third kappa shape index (κ3) is 1.60. The quantitative estimate of drug-likeness (QED) is 0.743. The predicted octanol–water partition coefficient (Wildman–Crippen LogP) is 2.07. The molecule has 0 aliphatic carbocycles. The van der Waals surface area contributed by atoms with Crippen molar-refractivity contribution in [3.8, 4) is 11.4 Å². The van der Waals surface area contributed by atoms with Crippen LogP contribution in [0.5, 0.6) is 0 Å². The molecule has 0 fully saturated rings. The largest absolute Gasteiger partial charge is 0.372 e. The molecule has 90 valence electrons. The third-order valence-electron chi connectivity index (χ3n) is 2.95. The molecule has 0 bridgehead atoms. The van der Waals surface area contributed by atoms with Crippen LogP contribution >= 0.6 is 0 Å². The molecule has 5 nitrogen and oxygen atoms in total. The number of para-hydroxylation sites is 1. The van der Waals surface area contributed by atoms with E-state index >= 15 is 0 Å². The van der Waals surface area contributed by atoms with Gasteiger partial charge in [-0.3, -0.25) is 0 Å². The number of fused-ring (bicyclic) bond motifs is 1. The Labute approximate surface area is 104 Å². The summed E-state index contributed by atoms with van der Waals surface area (Å²) in [4.78, 5) is 4.43. The van der Waals surface area contributed by atoms with Crippen LogP contribution in [0.2, 0.25) is 0 Å². The van der Waals surface area contributed by atoms with Crippen LogP contribution in [0.25, 0.3) is 22.3 Å². The average Bonchev–Trinajstić information content (AvgIpc) is 2.77. The first-order chi connectivity index (χ1) is 8.79. The van der Waals surface area contributed by atoms with Gasteiger partial charge in [0.1, 0.15) is 5.82 Å². The zero-order chi connectivity index (χ0) is 12.5. The number of hydrogen-bond donors (Lipinski definition) is 1. The summed E-state index contributed by atoms with van der Waals surface area (Å²) in [7, 11) is 3.83. The molecule has 5 heteroatoms. The number of hydrogen-bond acceptors (Lipinski definition) is 4. The lowest BCUT2D eigenvalue weighted by molar-refractivity contribution is 0.956. The second kappa shape index (κ2) is 4.10. The topological polar surface area (TPSA) is 55.6 Å². The van der Waals surface area contributed by atoms with Crippen LogP contribution in [0.15, 0.2) is 36.7 Å². The fourth-order valence-electron chi connectivity index (χ4n) is 2.06. The highest BCUT2D eigenvalue weighted by molar-refractivity contribution is 5.94. The van der Waals surface area contributed by atoms with Crippen molar-refractivity contribution in [2.75, 3.05) is 12.4 Å². The van der Waals surface area contributed by atoms with Gasteiger partial charge in [0.25, 0.3) is 0 Å². The van der Waals surface area contributed by atoms with E-state index in [1.165, 1.54) is 0 Å². The standard InChI is InChI=1S/C13H13N5/c1-14-12-7-15-17-13(16-12)10-8-18(2)11-6-4-3-5-9(10)11/h3-8H,1-2H3,(H,14,16,17). The third-order valence-corrected chi connectivity index (χ3v) is 2.95. The van der Waals surface area contributed by atoms with E-state index in [9.17, 15) is 0 Å². The molecular formula is C13H13N5. The first-order valence-electron chi connectivity index (χ1n) is 5.71. The zero-order valence-electron chi connectivity index (χ0n) is 10.3. The molecule has 0 atom stereocenters. The van der Waals surface area contributed by atoms with Gasteiger partial charge in [0.2, 0.25) is 0 Å². The molecule has 0 amide bonds. The first kappa shape index (κ1) is 10.7. The molecule has 3 aromatic rings. The van der Waals surface area contributed by atoms with E-state index in [1.54, 1.807) is 6.20 Å². The molecule has 1 aromatic carbocycles.